The van der Waals surface area contributed by atoms with Crippen molar-refractivity contribution in [1.82, 2.24) is 29.7 Å². The van der Waals surface area contributed by atoms with Gasteiger partial charge in [-0.3, -0.25) is 14.4 Å². The van der Waals surface area contributed by atoms with E-state index in [4.69, 9.17) is 14.1 Å². The van der Waals surface area contributed by atoms with Crippen LogP contribution < -0.4 is 20.4 Å². The molecule has 2 bridgehead atoms. The smallest absolute Gasteiger partial charge is 0.394 e. The predicted molar refractivity (Wildman–Crippen MR) is 185 cm³/mol. The van der Waals surface area contributed by atoms with Crippen molar-refractivity contribution in [3.05, 3.63) is 58.3 Å². The first-order chi connectivity index (χ1) is 24.9. The molecule has 0 atom stereocenters. The van der Waals surface area contributed by atoms with Gasteiger partial charge in [0.15, 0.2) is 12.0 Å². The summed E-state index contributed by atoms with van der Waals surface area (Å²) in [5.74, 6) is -0.632. The highest BCUT2D eigenvalue weighted by Crippen LogP contribution is 2.78. The summed E-state index contributed by atoms with van der Waals surface area (Å²) in [4.78, 5) is 58.2. The molecule has 17 heteroatoms. The van der Waals surface area contributed by atoms with E-state index in [1.807, 2.05) is 16.4 Å². The number of nitrogens with zero attached hydrogens (tertiary/aromatic N) is 6. The van der Waals surface area contributed by atoms with Crippen LogP contribution in [0.25, 0.3) is 32.0 Å². The minimum atomic E-state index is -4.31. The van der Waals surface area contributed by atoms with Gasteiger partial charge in [-0.15, -0.1) is 0 Å². The van der Waals surface area contributed by atoms with Crippen molar-refractivity contribution in [2.24, 2.45) is 10.8 Å². The number of phenolic OH excluding ortho intramolecular Hbond substituents is 1. The van der Waals surface area contributed by atoms with E-state index >= 15 is 0 Å². The first-order valence-electron chi connectivity index (χ1n) is 16.9. The minimum Gasteiger partial charge on any atom is -0.507 e. The number of methoxy groups -OCH3 is 1. The zero-order valence-electron chi connectivity index (χ0n) is 28.2. The minimum absolute atomic E-state index is 0.0266. The fourth-order valence-electron chi connectivity index (χ4n) is 8.05. The van der Waals surface area contributed by atoms with Crippen LogP contribution in [0.2, 0.25) is 0 Å². The van der Waals surface area contributed by atoms with Crippen molar-refractivity contribution in [1.29, 1.82) is 0 Å². The Balaban J connectivity index is 1.09. The standard InChI is InChI=1S/C35H34F3N7O6S/c1-3-21-26(43-10-12-44(13-11-43)30(48)24-22(46)5-4-20-28(24)51-18-41-20)27(47)25-31(52-29(42-25)19-6-7-39-23(14-19)50-2)45(21)9-8-40-32(49)33-15-34(16-33,17-33)35(36,37)38/h4-7,14,18,46H,3,8-13,15-17H2,1-2H3,(H,40,49). The molecule has 3 aliphatic carbocycles. The highest BCUT2D eigenvalue weighted by Gasteiger charge is 2.80. The number of nitrogens with one attached hydrogen (secondary N) is 1. The molecule has 52 heavy (non-hydrogen) atoms. The maximum atomic E-state index is 14.4. The van der Waals surface area contributed by atoms with Crippen LogP contribution in [-0.4, -0.2) is 87.3 Å². The molecule has 1 aromatic carbocycles. The van der Waals surface area contributed by atoms with Crippen LogP contribution in [0.15, 0.2) is 46.1 Å². The number of anilines is 1. The van der Waals surface area contributed by atoms with Crippen LogP contribution >= 0.6 is 11.3 Å². The average Bonchev–Trinajstić information content (AvgIpc) is 3.75. The Hall–Kier alpha value is -5.19. The van der Waals surface area contributed by atoms with Crippen LogP contribution in [-0.2, 0) is 17.8 Å². The summed E-state index contributed by atoms with van der Waals surface area (Å²) in [6, 6.07) is 6.45. The van der Waals surface area contributed by atoms with E-state index in [-0.39, 0.29) is 79.2 Å². The molecule has 3 saturated carbocycles. The quantitative estimate of drug-likeness (QED) is 0.217. The molecule has 5 aromatic rings. The predicted octanol–water partition coefficient (Wildman–Crippen LogP) is 4.75. The third-order valence-electron chi connectivity index (χ3n) is 10.7. The number of aromatic hydroxyl groups is 1. The monoisotopic (exact) mass is 737 g/mol. The lowest BCUT2D eigenvalue weighted by molar-refractivity contribution is -0.351. The maximum absolute atomic E-state index is 14.4. The van der Waals surface area contributed by atoms with Gasteiger partial charge in [0.2, 0.25) is 17.2 Å². The Morgan fingerprint density at radius 2 is 1.87 bits per heavy atom. The first-order valence-corrected chi connectivity index (χ1v) is 17.7. The number of amides is 2. The lowest BCUT2D eigenvalue weighted by Gasteiger charge is -2.69. The topological polar surface area (TPSA) is 156 Å². The fraction of sp³-hybridized carbons (Fsp3) is 0.429. The number of fused-ring (bicyclic) bond motifs is 2. The number of hydrogen-bond acceptors (Lipinski definition) is 11. The van der Waals surface area contributed by atoms with Crippen molar-refractivity contribution >= 4 is 50.3 Å². The highest BCUT2D eigenvalue weighted by molar-refractivity contribution is 7.21. The number of phenols is 1. The zero-order valence-corrected chi connectivity index (χ0v) is 29.1. The maximum Gasteiger partial charge on any atom is 0.394 e. The number of ether oxygens (including phenoxy) is 1. The summed E-state index contributed by atoms with van der Waals surface area (Å²) in [6.45, 7) is 3.43. The third kappa shape index (κ3) is 5.18. The van der Waals surface area contributed by atoms with Crippen LogP contribution in [0.3, 0.4) is 0 Å². The second kappa shape index (κ2) is 12.2. The fourth-order valence-corrected chi connectivity index (χ4v) is 9.16. The zero-order chi connectivity index (χ0) is 36.6. The van der Waals surface area contributed by atoms with E-state index in [2.05, 4.69) is 15.3 Å². The Morgan fingerprint density at radius 3 is 2.56 bits per heavy atom. The normalized spacial score (nSPS) is 21.2. The van der Waals surface area contributed by atoms with Gasteiger partial charge >= 0.3 is 6.18 Å². The second-order valence-electron chi connectivity index (χ2n) is 13.7. The van der Waals surface area contributed by atoms with Crippen LogP contribution in [0, 0.1) is 10.8 Å². The largest absolute Gasteiger partial charge is 0.507 e. The molecule has 9 rings (SSSR count). The Kier molecular flexibility index (Phi) is 7.96. The average molecular weight is 738 g/mol. The molecule has 4 fully saturated rings. The van der Waals surface area contributed by atoms with Gasteiger partial charge in [0.1, 0.15) is 37.9 Å². The molecule has 4 aliphatic rings. The van der Waals surface area contributed by atoms with Crippen molar-refractivity contribution in [3.8, 4) is 22.2 Å². The molecular weight excluding hydrogens is 703 g/mol. The van der Waals surface area contributed by atoms with E-state index < -0.39 is 22.9 Å². The number of rotatable bonds is 9. The number of carbonyl (C=O) groups is 2. The van der Waals surface area contributed by atoms with E-state index in [0.29, 0.717) is 57.7 Å². The summed E-state index contributed by atoms with van der Waals surface area (Å²) in [6.07, 6.45) is -1.61. The summed E-state index contributed by atoms with van der Waals surface area (Å²) in [5.41, 5.74) is -0.230. The van der Waals surface area contributed by atoms with E-state index in [1.54, 1.807) is 29.3 Å². The Labute approximate surface area is 298 Å². The number of carbonyl (C=O) groups excluding carboxylic acids is 2. The molecular formula is C35H34F3N7O6S. The number of alkyl halides is 3. The number of piperazine rings is 1. The van der Waals surface area contributed by atoms with Gasteiger partial charge in [0.25, 0.3) is 5.91 Å². The summed E-state index contributed by atoms with van der Waals surface area (Å²) < 4.78 is 53.0. The molecule has 4 aromatic heterocycles. The molecule has 1 aliphatic heterocycles. The molecule has 0 unspecified atom stereocenters. The molecule has 2 amide bonds. The molecule has 2 N–H and O–H groups in total. The SMILES string of the molecule is CCc1c(N2CCN(C(=O)c3c(O)ccc4ncoc34)CC2)c(=O)c2nc(-c3ccnc(OC)c3)sc2n1CCNC(=O)C12CC(C(F)(F)F)(C1)C2. The highest BCUT2D eigenvalue weighted by atomic mass is 32.1. The second-order valence-corrected chi connectivity index (χ2v) is 14.7. The molecule has 1 saturated heterocycles. The molecule has 272 valence electrons. The van der Waals surface area contributed by atoms with E-state index in [1.165, 1.54) is 30.9 Å². The number of halogens is 3. The summed E-state index contributed by atoms with van der Waals surface area (Å²) in [5, 5.41) is 14.0. The molecule has 5 heterocycles. The van der Waals surface area contributed by atoms with Gasteiger partial charge in [-0.2, -0.15) is 13.2 Å². The van der Waals surface area contributed by atoms with Gasteiger partial charge in [-0.1, -0.05) is 18.3 Å². The van der Waals surface area contributed by atoms with Gasteiger partial charge in [0.05, 0.1) is 17.9 Å². The number of hydrogen-bond donors (Lipinski definition) is 2. The third-order valence-corrected chi connectivity index (χ3v) is 11.8. The van der Waals surface area contributed by atoms with Crippen LogP contribution in [0.4, 0.5) is 18.9 Å². The van der Waals surface area contributed by atoms with Gasteiger partial charge < -0.3 is 33.9 Å². The number of thiazole rings is 1. The lowest BCUT2D eigenvalue weighted by Crippen LogP contribution is -2.72. The number of aromatic nitrogens is 4. The number of oxazole rings is 1. The van der Waals surface area contributed by atoms with Crippen molar-refractivity contribution in [2.45, 2.75) is 45.3 Å². The molecule has 0 spiro atoms. The van der Waals surface area contributed by atoms with Gasteiger partial charge in [-0.25, -0.2) is 15.0 Å². The van der Waals surface area contributed by atoms with Gasteiger partial charge in [-0.05, 0) is 43.9 Å². The summed E-state index contributed by atoms with van der Waals surface area (Å²) in [7, 11) is 1.50. The van der Waals surface area contributed by atoms with Crippen molar-refractivity contribution in [3.63, 3.8) is 0 Å². The molecule has 13 nitrogen and oxygen atoms in total. The first kappa shape index (κ1) is 33.9. The lowest BCUT2D eigenvalue weighted by atomic mass is 9.34. The van der Waals surface area contributed by atoms with Crippen LogP contribution in [0.1, 0.15) is 42.2 Å². The van der Waals surface area contributed by atoms with Crippen molar-refractivity contribution in [2.75, 3.05) is 44.7 Å². The van der Waals surface area contributed by atoms with E-state index in [0.717, 1.165) is 0 Å². The number of benzene rings is 1. The van der Waals surface area contributed by atoms with E-state index in [9.17, 15) is 32.7 Å². The van der Waals surface area contributed by atoms with Crippen LogP contribution in [0.5, 0.6) is 11.6 Å². The van der Waals surface area contributed by atoms with Crippen molar-refractivity contribution < 1.29 is 37.0 Å². The number of pyridine rings is 2. The Bertz CT molecular complexity index is 2290. The van der Waals surface area contributed by atoms with Gasteiger partial charge in [0, 0.05) is 62.8 Å². The molecule has 0 radical (unpaired) electrons. The summed E-state index contributed by atoms with van der Waals surface area (Å²) >= 11 is 1.31. The Morgan fingerprint density at radius 1 is 1.12 bits per heavy atom.